The molecule has 3 fully saturated rings. The van der Waals surface area contributed by atoms with Gasteiger partial charge in [-0.05, 0) is 125 Å². The van der Waals surface area contributed by atoms with Crippen LogP contribution in [0.15, 0.2) is 18.2 Å². The van der Waals surface area contributed by atoms with Crippen LogP contribution in [0.2, 0.25) is 0 Å². The van der Waals surface area contributed by atoms with Crippen molar-refractivity contribution < 1.29 is 42.7 Å². The molecule has 1 aromatic carbocycles. The average molecular weight is 717 g/mol. The zero-order valence-electron chi connectivity index (χ0n) is 32.1. The second-order valence-corrected chi connectivity index (χ2v) is 16.3. The van der Waals surface area contributed by atoms with Crippen molar-refractivity contribution in [1.29, 1.82) is 0 Å². The predicted octanol–water partition coefficient (Wildman–Crippen LogP) is 5.43. The molecule has 1 heterocycles. The zero-order chi connectivity index (χ0) is 36.4. The number of carbonyl (C=O) groups excluding carboxylic acids is 2. The number of fused-ring (bicyclic) bond motifs is 5. The molecule has 0 N–H and O–H groups in total. The molecule has 6 unspecified atom stereocenters. The number of hydrogen-bond acceptors (Lipinski definition) is 10. The number of methoxy groups -OCH3 is 2. The second-order valence-electron chi connectivity index (χ2n) is 16.3. The largest absolute Gasteiger partial charge is 0.468 e. The average Bonchev–Trinajstić information content (AvgIpc) is 3.43. The van der Waals surface area contributed by atoms with Crippen molar-refractivity contribution in [3.05, 3.63) is 29.3 Å². The van der Waals surface area contributed by atoms with Gasteiger partial charge in [-0.2, -0.15) is 0 Å². The highest BCUT2D eigenvalue weighted by molar-refractivity contribution is 5.79. The Morgan fingerprint density at radius 2 is 1.76 bits per heavy atom. The number of carbonyl (C=O) groups is 2. The van der Waals surface area contributed by atoms with E-state index in [1.807, 2.05) is 25.7 Å². The molecule has 11 nitrogen and oxygen atoms in total. The summed E-state index contributed by atoms with van der Waals surface area (Å²) in [5.74, 6) is 3.17. The van der Waals surface area contributed by atoms with Crippen LogP contribution in [0.1, 0.15) is 89.7 Å². The molecule has 0 spiro atoms. The van der Waals surface area contributed by atoms with Crippen molar-refractivity contribution >= 4 is 11.9 Å². The molecular formula is C40H64N2O9. The maximum atomic E-state index is 13.0. The van der Waals surface area contributed by atoms with Crippen LogP contribution in [0.3, 0.4) is 0 Å². The fraction of sp³-hybridized carbons (Fsp3) is 0.800. The van der Waals surface area contributed by atoms with Gasteiger partial charge in [-0.15, -0.1) is 0 Å². The first-order valence-electron chi connectivity index (χ1n) is 19.2. The number of esters is 1. The molecule has 288 valence electrons. The highest BCUT2D eigenvalue weighted by atomic mass is 16.7. The Bertz CT molecular complexity index is 1270. The van der Waals surface area contributed by atoms with Crippen molar-refractivity contribution in [2.45, 2.75) is 96.7 Å². The number of rotatable bonds is 19. The van der Waals surface area contributed by atoms with Crippen molar-refractivity contribution in [1.82, 2.24) is 9.80 Å². The number of piperazine rings is 1. The summed E-state index contributed by atoms with van der Waals surface area (Å²) in [5, 5.41) is 0. The number of ether oxygens (including phenoxy) is 7. The van der Waals surface area contributed by atoms with Crippen LogP contribution < -0.4 is 4.74 Å². The van der Waals surface area contributed by atoms with Gasteiger partial charge in [0, 0.05) is 33.9 Å². The number of amides is 1. The number of benzene rings is 1. The van der Waals surface area contributed by atoms with Crippen LogP contribution in [0.4, 0.5) is 0 Å². The minimum atomic E-state index is -0.524. The van der Waals surface area contributed by atoms with Crippen molar-refractivity contribution in [3.8, 4) is 5.75 Å². The summed E-state index contributed by atoms with van der Waals surface area (Å²) in [4.78, 5) is 28.9. The lowest BCUT2D eigenvalue weighted by Gasteiger charge is -2.53. The summed E-state index contributed by atoms with van der Waals surface area (Å²) in [6, 6.07) is 6.72. The van der Waals surface area contributed by atoms with Crippen LogP contribution in [0.25, 0.3) is 0 Å². The Morgan fingerprint density at radius 1 is 0.961 bits per heavy atom. The quantitative estimate of drug-likeness (QED) is 0.105. The molecule has 0 bridgehead atoms. The van der Waals surface area contributed by atoms with E-state index in [-0.39, 0.29) is 36.8 Å². The third-order valence-electron chi connectivity index (χ3n) is 11.7. The van der Waals surface area contributed by atoms with Crippen LogP contribution in [-0.4, -0.2) is 120 Å². The molecule has 1 aliphatic heterocycles. The van der Waals surface area contributed by atoms with E-state index in [9.17, 15) is 9.59 Å². The number of unbranched alkanes of at least 4 members (excludes halogenated alkanes) is 1. The molecule has 11 heteroatoms. The lowest BCUT2D eigenvalue weighted by molar-refractivity contribution is -0.160. The Labute approximate surface area is 305 Å². The minimum Gasteiger partial charge on any atom is -0.468 e. The van der Waals surface area contributed by atoms with Gasteiger partial charge in [-0.25, -0.2) is 4.79 Å². The maximum absolute atomic E-state index is 13.0. The third-order valence-corrected chi connectivity index (χ3v) is 11.7. The number of hydrogen-bond donors (Lipinski definition) is 0. The van der Waals surface area contributed by atoms with Gasteiger partial charge in [0.2, 0.25) is 5.91 Å². The minimum absolute atomic E-state index is 0.0898. The maximum Gasteiger partial charge on any atom is 0.332 e. The van der Waals surface area contributed by atoms with Crippen LogP contribution in [0.5, 0.6) is 5.75 Å². The highest BCUT2D eigenvalue weighted by Gasteiger charge is 2.57. The van der Waals surface area contributed by atoms with E-state index in [0.717, 1.165) is 51.1 Å². The van der Waals surface area contributed by atoms with Gasteiger partial charge in [0.05, 0.1) is 32.5 Å². The van der Waals surface area contributed by atoms with Crippen LogP contribution in [-0.2, 0) is 44.4 Å². The fourth-order valence-electron chi connectivity index (χ4n) is 9.49. The van der Waals surface area contributed by atoms with Gasteiger partial charge in [-0.1, -0.05) is 19.4 Å². The van der Waals surface area contributed by atoms with E-state index in [0.29, 0.717) is 63.4 Å². The Morgan fingerprint density at radius 3 is 2.53 bits per heavy atom. The summed E-state index contributed by atoms with van der Waals surface area (Å²) in [6.07, 6.45) is 9.55. The molecule has 0 aromatic heterocycles. The molecule has 51 heavy (non-hydrogen) atoms. The molecule has 4 aliphatic rings. The van der Waals surface area contributed by atoms with Crippen molar-refractivity contribution in [2.75, 3.05) is 87.0 Å². The predicted molar refractivity (Wildman–Crippen MR) is 194 cm³/mol. The van der Waals surface area contributed by atoms with Crippen LogP contribution >= 0.6 is 0 Å². The topological polar surface area (TPSA) is 105 Å². The first-order chi connectivity index (χ1) is 24.5. The molecule has 1 aromatic rings. The van der Waals surface area contributed by atoms with Gasteiger partial charge in [0.1, 0.15) is 24.8 Å². The van der Waals surface area contributed by atoms with Crippen molar-refractivity contribution in [2.24, 2.45) is 23.2 Å². The molecule has 5 rings (SSSR count). The van der Waals surface area contributed by atoms with E-state index in [1.54, 1.807) is 14.2 Å². The molecule has 1 saturated heterocycles. The van der Waals surface area contributed by atoms with Gasteiger partial charge in [0.25, 0.3) is 0 Å². The summed E-state index contributed by atoms with van der Waals surface area (Å²) in [6.45, 7) is 13.2. The van der Waals surface area contributed by atoms with Gasteiger partial charge in [0.15, 0.2) is 6.79 Å². The van der Waals surface area contributed by atoms with E-state index >= 15 is 0 Å². The summed E-state index contributed by atoms with van der Waals surface area (Å²) >= 11 is 0. The zero-order valence-corrected chi connectivity index (χ0v) is 32.1. The van der Waals surface area contributed by atoms with E-state index in [2.05, 4.69) is 30.0 Å². The molecular weight excluding hydrogens is 652 g/mol. The lowest BCUT2D eigenvalue weighted by Crippen LogP contribution is -2.51. The molecule has 1 amide bonds. The summed E-state index contributed by atoms with van der Waals surface area (Å²) in [7, 11) is 3.38. The summed E-state index contributed by atoms with van der Waals surface area (Å²) < 4.78 is 38.9. The lowest BCUT2D eigenvalue weighted by atomic mass is 9.52. The summed E-state index contributed by atoms with van der Waals surface area (Å²) in [5.41, 5.74) is 2.64. The first-order valence-corrected chi connectivity index (χ1v) is 19.2. The molecule has 0 radical (unpaired) electrons. The van der Waals surface area contributed by atoms with Crippen molar-refractivity contribution in [3.63, 3.8) is 0 Å². The first kappa shape index (κ1) is 39.9. The molecule has 2 saturated carbocycles. The highest BCUT2D eigenvalue weighted by Crippen LogP contribution is 2.63. The standard InChI is InChI=1S/C40H64N2O9/c1-39(2,3)51-37(44)26-48-22-21-47-20-19-42-18-17-41(25-36(42)43)16-8-7-9-29-23-30-24-31(49-27-45-5)10-11-32(30)33-14-15-40(4)34(38(29)33)12-13-35(40)50-28-46-6/h10-11,24,29,33-35,38H,7-9,12-23,25-28H2,1-6H3. The third kappa shape index (κ3) is 10.7. The normalized spacial score (nSPS) is 27.9. The SMILES string of the molecule is COCOc1ccc2c(c1)CC(CCCCN1CCN(CCOCCOCC(=O)OC(C)(C)C)C(=O)C1)C1C2CCC2(C)C(OCOC)CCC12. The fourth-order valence-corrected chi connectivity index (χ4v) is 9.49. The van der Waals surface area contributed by atoms with Crippen LogP contribution in [0, 0.1) is 23.2 Å². The van der Waals surface area contributed by atoms with Gasteiger partial charge >= 0.3 is 5.97 Å². The number of nitrogens with zero attached hydrogens (tertiary/aromatic N) is 2. The Kier molecular flexibility index (Phi) is 14.6. The van der Waals surface area contributed by atoms with E-state index in [4.69, 9.17) is 33.2 Å². The van der Waals surface area contributed by atoms with E-state index in [1.165, 1.54) is 36.8 Å². The Hall–Kier alpha value is -2.28. The molecule has 6 atom stereocenters. The van der Waals surface area contributed by atoms with Gasteiger partial charge < -0.3 is 38.1 Å². The second kappa shape index (κ2) is 18.7. The monoisotopic (exact) mass is 716 g/mol. The van der Waals surface area contributed by atoms with E-state index < -0.39 is 5.60 Å². The Balaban J connectivity index is 1.07. The smallest absolute Gasteiger partial charge is 0.332 e. The van der Waals surface area contributed by atoms with Gasteiger partial charge in [-0.3, -0.25) is 9.69 Å². The molecule has 3 aliphatic carbocycles.